The summed E-state index contributed by atoms with van der Waals surface area (Å²) < 4.78 is 5.83. The number of nitrogens with zero attached hydrogens (tertiary/aromatic N) is 1. The first-order valence-electron chi connectivity index (χ1n) is 7.24. The fraction of sp³-hybridized carbons (Fsp3) is 0.533. The number of aromatic nitrogens is 1. The smallest absolute Gasteiger partial charge is 0.166 e. The van der Waals surface area contributed by atoms with Crippen LogP contribution in [0.3, 0.4) is 0 Å². The number of halogens is 1. The molecule has 3 atom stereocenters. The van der Waals surface area contributed by atoms with Crippen LogP contribution in [-0.2, 0) is 0 Å². The van der Waals surface area contributed by atoms with Crippen molar-refractivity contribution in [3.05, 3.63) is 23.2 Å². The Morgan fingerprint density at radius 2 is 2.30 bits per heavy atom. The van der Waals surface area contributed by atoms with Crippen LogP contribution < -0.4 is 4.72 Å². The molecule has 5 heteroatoms. The van der Waals surface area contributed by atoms with E-state index in [1.165, 1.54) is 30.4 Å². The highest BCUT2D eigenvalue weighted by Gasteiger charge is 2.38. The monoisotopic (exact) mass is 324 g/mol. The van der Waals surface area contributed by atoms with Crippen LogP contribution in [0.2, 0.25) is 5.02 Å². The third-order valence-corrected chi connectivity index (χ3v) is 6.86. The summed E-state index contributed by atoms with van der Waals surface area (Å²) in [5.74, 6) is 2.91. The molecule has 0 saturated heterocycles. The van der Waals surface area contributed by atoms with Gasteiger partial charge in [0.1, 0.15) is 0 Å². The molecular weight excluding hydrogens is 308 g/mol. The molecule has 1 heterocycles. The van der Waals surface area contributed by atoms with Gasteiger partial charge in [0.05, 0.1) is 10.2 Å². The summed E-state index contributed by atoms with van der Waals surface area (Å²) in [7, 11) is 0. The number of benzene rings is 1. The van der Waals surface area contributed by atoms with E-state index in [4.69, 9.17) is 11.6 Å². The minimum Gasteiger partial charge on any atom is -0.258 e. The Labute approximate surface area is 132 Å². The Balaban J connectivity index is 1.36. The fourth-order valence-electron chi connectivity index (χ4n) is 3.76. The zero-order chi connectivity index (χ0) is 13.5. The van der Waals surface area contributed by atoms with E-state index in [1.54, 1.807) is 23.3 Å². The van der Waals surface area contributed by atoms with Gasteiger partial charge in [-0.25, -0.2) is 4.98 Å². The average Bonchev–Trinajstić information content (AvgIpc) is 3.12. The summed E-state index contributed by atoms with van der Waals surface area (Å²) in [6.07, 6.45) is 5.86. The maximum absolute atomic E-state index is 6.00. The number of nitrogens with one attached hydrogen (secondary N) is 1. The predicted octanol–water partition coefficient (Wildman–Crippen LogP) is 4.98. The lowest BCUT2D eigenvalue weighted by Gasteiger charge is -2.21. The van der Waals surface area contributed by atoms with Crippen molar-refractivity contribution in [2.45, 2.75) is 30.0 Å². The van der Waals surface area contributed by atoms with E-state index in [0.29, 0.717) is 0 Å². The van der Waals surface area contributed by atoms with Gasteiger partial charge in [-0.3, -0.25) is 4.72 Å². The Morgan fingerprint density at radius 3 is 3.10 bits per heavy atom. The zero-order valence-electron chi connectivity index (χ0n) is 11.1. The molecule has 2 bridgehead atoms. The van der Waals surface area contributed by atoms with Gasteiger partial charge >= 0.3 is 0 Å². The molecule has 20 heavy (non-hydrogen) atoms. The van der Waals surface area contributed by atoms with Crippen LogP contribution in [0, 0.1) is 17.8 Å². The van der Waals surface area contributed by atoms with Gasteiger partial charge < -0.3 is 0 Å². The Kier molecular flexibility index (Phi) is 3.67. The number of rotatable bonds is 4. The van der Waals surface area contributed by atoms with Crippen LogP contribution in [-0.4, -0.2) is 11.5 Å². The lowest BCUT2D eigenvalue weighted by Crippen LogP contribution is -2.22. The molecule has 4 rings (SSSR count). The van der Waals surface area contributed by atoms with Crippen LogP contribution in [0.1, 0.15) is 25.7 Å². The molecule has 0 spiro atoms. The van der Waals surface area contributed by atoms with Crippen molar-refractivity contribution in [3.63, 3.8) is 0 Å². The second kappa shape index (κ2) is 5.48. The summed E-state index contributed by atoms with van der Waals surface area (Å²) in [5.41, 5.74) is 1.01. The van der Waals surface area contributed by atoms with E-state index >= 15 is 0 Å². The minimum absolute atomic E-state index is 0.759. The molecule has 2 aliphatic rings. The Hall–Kier alpha value is -0.290. The molecular formula is C15H17ClN2S2. The molecule has 0 amide bonds. The molecule has 0 radical (unpaired) electrons. The Bertz CT molecular complexity index is 627. The number of hydrogen-bond acceptors (Lipinski definition) is 4. The van der Waals surface area contributed by atoms with Crippen molar-refractivity contribution in [1.82, 2.24) is 9.71 Å². The van der Waals surface area contributed by atoms with Gasteiger partial charge in [-0.1, -0.05) is 18.0 Å². The maximum Gasteiger partial charge on any atom is 0.166 e. The minimum atomic E-state index is 0.759. The van der Waals surface area contributed by atoms with Crippen molar-refractivity contribution in [1.29, 1.82) is 0 Å². The molecule has 1 aromatic heterocycles. The molecule has 1 N–H and O–H groups in total. The van der Waals surface area contributed by atoms with Gasteiger partial charge in [0, 0.05) is 11.6 Å². The topological polar surface area (TPSA) is 24.9 Å². The molecule has 2 nitrogen and oxygen atoms in total. The standard InChI is InChI=1S/C15H17ClN2S2/c16-12-3-4-14-13(7-12)18-15(19-14)20-17-8-11-6-9-1-2-10(11)5-9/h3-4,7,9-11,17H,1-2,5-6,8H2/t9-,10-,11+/m0/s1. The quantitative estimate of drug-likeness (QED) is 0.803. The number of thiazole rings is 1. The summed E-state index contributed by atoms with van der Waals surface area (Å²) in [4.78, 5) is 4.62. The predicted molar refractivity (Wildman–Crippen MR) is 87.4 cm³/mol. The second-order valence-electron chi connectivity index (χ2n) is 5.98. The van der Waals surface area contributed by atoms with Gasteiger partial charge in [0.15, 0.2) is 4.34 Å². The lowest BCUT2D eigenvalue weighted by atomic mass is 9.89. The van der Waals surface area contributed by atoms with Crippen LogP contribution >= 0.6 is 34.9 Å². The van der Waals surface area contributed by atoms with Crippen molar-refractivity contribution in [2.24, 2.45) is 17.8 Å². The van der Waals surface area contributed by atoms with E-state index in [1.807, 2.05) is 12.1 Å². The third-order valence-electron chi connectivity index (χ3n) is 4.72. The van der Waals surface area contributed by atoms with Crippen molar-refractivity contribution in [3.8, 4) is 0 Å². The summed E-state index contributed by atoms with van der Waals surface area (Å²) in [6, 6.07) is 5.92. The summed E-state index contributed by atoms with van der Waals surface area (Å²) in [6.45, 7) is 1.13. The normalized spacial score (nSPS) is 28.6. The largest absolute Gasteiger partial charge is 0.258 e. The van der Waals surface area contributed by atoms with Crippen molar-refractivity contribution < 1.29 is 0 Å². The molecule has 2 aromatic rings. The lowest BCUT2D eigenvalue weighted by molar-refractivity contribution is 0.335. The average molecular weight is 325 g/mol. The van der Waals surface area contributed by atoms with E-state index in [2.05, 4.69) is 15.8 Å². The van der Waals surface area contributed by atoms with Gasteiger partial charge in [-0.05, 0) is 67.2 Å². The van der Waals surface area contributed by atoms with Crippen LogP contribution in [0.4, 0.5) is 0 Å². The highest BCUT2D eigenvalue weighted by atomic mass is 35.5. The molecule has 2 saturated carbocycles. The molecule has 0 aliphatic heterocycles. The van der Waals surface area contributed by atoms with E-state index in [-0.39, 0.29) is 0 Å². The third kappa shape index (κ3) is 2.59. The van der Waals surface area contributed by atoms with E-state index in [0.717, 1.165) is 39.2 Å². The van der Waals surface area contributed by atoms with Crippen LogP contribution in [0.5, 0.6) is 0 Å². The SMILES string of the molecule is Clc1ccc2sc(SNC[C@H]3C[C@H]4CC[C@H]3C4)nc2c1. The zero-order valence-corrected chi connectivity index (χ0v) is 13.5. The number of hydrogen-bond donors (Lipinski definition) is 1. The maximum atomic E-state index is 6.00. The molecule has 2 aliphatic carbocycles. The molecule has 2 fully saturated rings. The first kappa shape index (κ1) is 13.4. The Morgan fingerprint density at radius 1 is 1.35 bits per heavy atom. The van der Waals surface area contributed by atoms with Gasteiger partial charge in [0.2, 0.25) is 0 Å². The van der Waals surface area contributed by atoms with Crippen LogP contribution in [0.25, 0.3) is 10.2 Å². The van der Waals surface area contributed by atoms with E-state index < -0.39 is 0 Å². The number of fused-ring (bicyclic) bond motifs is 3. The first-order valence-corrected chi connectivity index (χ1v) is 9.25. The second-order valence-corrected chi connectivity index (χ2v) is 8.58. The molecule has 0 unspecified atom stereocenters. The van der Waals surface area contributed by atoms with Crippen molar-refractivity contribution in [2.75, 3.05) is 6.54 Å². The first-order chi connectivity index (χ1) is 9.78. The van der Waals surface area contributed by atoms with E-state index in [9.17, 15) is 0 Å². The van der Waals surface area contributed by atoms with Crippen molar-refractivity contribution >= 4 is 45.1 Å². The molecule has 1 aromatic carbocycles. The molecule has 106 valence electrons. The summed E-state index contributed by atoms with van der Waals surface area (Å²) >= 11 is 9.41. The summed E-state index contributed by atoms with van der Waals surface area (Å²) in [5, 5.41) is 0.759. The fourth-order valence-corrected chi connectivity index (χ4v) is 5.78. The van der Waals surface area contributed by atoms with Gasteiger partial charge in [-0.15, -0.1) is 11.3 Å². The van der Waals surface area contributed by atoms with Gasteiger partial charge in [-0.2, -0.15) is 0 Å². The van der Waals surface area contributed by atoms with Gasteiger partial charge in [0.25, 0.3) is 0 Å². The highest BCUT2D eigenvalue weighted by molar-refractivity contribution is 7.99. The highest BCUT2D eigenvalue weighted by Crippen LogP contribution is 2.48. The van der Waals surface area contributed by atoms with Crippen LogP contribution in [0.15, 0.2) is 22.5 Å².